The van der Waals surface area contributed by atoms with Gasteiger partial charge in [-0.15, -0.1) is 0 Å². The third kappa shape index (κ3) is 6.27. The van der Waals surface area contributed by atoms with E-state index >= 15 is 0 Å². The van der Waals surface area contributed by atoms with Gasteiger partial charge in [-0.1, -0.05) is 194 Å². The second-order valence-corrected chi connectivity index (χ2v) is 16.2. The number of aryl methyl sites for hydroxylation is 1. The number of aromatic nitrogens is 3. The highest BCUT2D eigenvalue weighted by Crippen LogP contribution is 2.48. The van der Waals surface area contributed by atoms with E-state index in [2.05, 4.69) is 182 Å². The van der Waals surface area contributed by atoms with Crippen molar-refractivity contribution in [3.05, 3.63) is 223 Å². The molecule has 4 heteroatoms. The Kier molecular flexibility index (Phi) is 8.67. The van der Waals surface area contributed by atoms with Gasteiger partial charge in [-0.3, -0.25) is 0 Å². The molecule has 2 aromatic heterocycles. The van der Waals surface area contributed by atoms with Gasteiger partial charge in [0.1, 0.15) is 11.2 Å². The Bertz CT molecular complexity index is 3340. The van der Waals surface area contributed by atoms with Crippen LogP contribution in [0.15, 0.2) is 211 Å². The Morgan fingerprint density at radius 2 is 0.919 bits per heavy atom. The van der Waals surface area contributed by atoms with E-state index in [1.54, 1.807) is 0 Å². The zero-order chi connectivity index (χ0) is 41.0. The molecule has 2 heterocycles. The number of hydrogen-bond acceptors (Lipinski definition) is 4. The smallest absolute Gasteiger partial charge is 0.168 e. The van der Waals surface area contributed by atoms with E-state index in [1.807, 2.05) is 24.3 Å². The molecule has 0 fully saturated rings. The van der Waals surface area contributed by atoms with Crippen molar-refractivity contribution in [1.82, 2.24) is 15.0 Å². The van der Waals surface area contributed by atoms with E-state index in [0.717, 1.165) is 79.3 Å². The van der Waals surface area contributed by atoms with Crippen molar-refractivity contribution in [3.63, 3.8) is 0 Å². The first-order valence-corrected chi connectivity index (χ1v) is 21.4. The monoisotopic (exact) mass is 793 g/mol. The molecule has 1 aliphatic rings. The largest absolute Gasteiger partial charge is 0.455 e. The molecule has 12 rings (SSSR count). The van der Waals surface area contributed by atoms with Crippen LogP contribution in [0, 0.1) is 0 Å². The fourth-order valence-corrected chi connectivity index (χ4v) is 9.53. The Hall–Kier alpha value is -7.95. The summed E-state index contributed by atoms with van der Waals surface area (Å²) in [5, 5.41) is 4.63. The zero-order valence-electron chi connectivity index (χ0n) is 33.9. The van der Waals surface area contributed by atoms with Gasteiger partial charge >= 0.3 is 0 Å². The van der Waals surface area contributed by atoms with Crippen LogP contribution >= 0.6 is 0 Å². The Balaban J connectivity index is 1.08. The first-order chi connectivity index (χ1) is 30.7. The zero-order valence-corrected chi connectivity index (χ0v) is 33.9. The molecule has 0 saturated carbocycles. The third-order valence-electron chi connectivity index (χ3n) is 12.6. The summed E-state index contributed by atoms with van der Waals surface area (Å²) in [6, 6.07) is 73.2. The molecule has 1 unspecified atom stereocenters. The van der Waals surface area contributed by atoms with Gasteiger partial charge in [0.25, 0.3) is 0 Å². The maximum absolute atomic E-state index is 6.92. The minimum absolute atomic E-state index is 0.0355. The van der Waals surface area contributed by atoms with E-state index in [1.165, 1.54) is 33.0 Å². The number of furan rings is 1. The van der Waals surface area contributed by atoms with Crippen molar-refractivity contribution in [2.24, 2.45) is 0 Å². The number of para-hydroxylation sites is 1. The highest BCUT2D eigenvalue weighted by Gasteiger charge is 2.30. The van der Waals surface area contributed by atoms with Gasteiger partial charge in [0.15, 0.2) is 17.5 Å². The van der Waals surface area contributed by atoms with Crippen LogP contribution in [0.5, 0.6) is 0 Å². The van der Waals surface area contributed by atoms with Crippen molar-refractivity contribution >= 4 is 32.7 Å². The third-order valence-corrected chi connectivity index (χ3v) is 12.6. The predicted octanol–water partition coefficient (Wildman–Crippen LogP) is 15.0. The number of fused-ring (bicyclic) bond motifs is 7. The molecule has 0 aliphatic heterocycles. The molecule has 9 aromatic carbocycles. The SMILES string of the molecule is c1ccc(-c2ccc(-c3nc(-c4ccc(-c5ccccc5)cc4)nc(-c4c(C5CCc6cc7ccccc7cc6-c6ccccc65)ccc5c4oc4ccccc45)n3)cc2)cc1. The van der Waals surface area contributed by atoms with Crippen molar-refractivity contribution in [3.8, 4) is 67.5 Å². The Morgan fingerprint density at radius 3 is 1.60 bits per heavy atom. The van der Waals surface area contributed by atoms with Crippen LogP contribution in [0.1, 0.15) is 29.0 Å². The topological polar surface area (TPSA) is 51.8 Å². The highest BCUT2D eigenvalue weighted by molar-refractivity contribution is 6.10. The van der Waals surface area contributed by atoms with Crippen LogP contribution in [0.4, 0.5) is 0 Å². The summed E-state index contributed by atoms with van der Waals surface area (Å²) >= 11 is 0. The average molecular weight is 794 g/mol. The number of benzene rings is 9. The lowest BCUT2D eigenvalue weighted by Gasteiger charge is -2.22. The van der Waals surface area contributed by atoms with Crippen LogP contribution in [0.25, 0.3) is 100 Å². The van der Waals surface area contributed by atoms with Gasteiger partial charge in [-0.2, -0.15) is 0 Å². The Morgan fingerprint density at radius 1 is 0.387 bits per heavy atom. The first-order valence-electron chi connectivity index (χ1n) is 21.4. The fourth-order valence-electron chi connectivity index (χ4n) is 9.53. The van der Waals surface area contributed by atoms with E-state index in [-0.39, 0.29) is 5.92 Å². The van der Waals surface area contributed by atoms with Crippen molar-refractivity contribution < 1.29 is 4.42 Å². The van der Waals surface area contributed by atoms with Gasteiger partial charge in [-0.05, 0) is 85.8 Å². The van der Waals surface area contributed by atoms with Crippen LogP contribution in [-0.4, -0.2) is 15.0 Å². The minimum atomic E-state index is 0.0355. The van der Waals surface area contributed by atoms with Crippen LogP contribution in [0.2, 0.25) is 0 Å². The summed E-state index contributed by atoms with van der Waals surface area (Å²) in [5.41, 5.74) is 15.3. The standard InChI is InChI=1S/C58H39N3O/c1-3-13-37(14-4-1)39-23-27-41(28-24-39)56-59-57(42-29-25-40(26-30-42)38-15-5-2-6-16-38)61-58(60-56)54-50(33-34-51-49-21-11-12-22-53(49)62-55(51)54)48-32-31-45-35-43-17-7-8-18-44(43)36-52(45)47-20-10-9-19-46(47)48/h1-30,33-36,48H,31-32H2. The molecule has 292 valence electrons. The quantitative estimate of drug-likeness (QED) is 0.168. The van der Waals surface area contributed by atoms with E-state index in [0.29, 0.717) is 17.5 Å². The lowest BCUT2D eigenvalue weighted by atomic mass is 9.82. The molecule has 0 bridgehead atoms. The fraction of sp³-hybridized carbons (Fsp3) is 0.0517. The summed E-state index contributed by atoms with van der Waals surface area (Å²) in [5.74, 6) is 1.84. The molecule has 0 amide bonds. The van der Waals surface area contributed by atoms with Gasteiger partial charge in [0, 0.05) is 27.8 Å². The van der Waals surface area contributed by atoms with Gasteiger partial charge in [0.2, 0.25) is 0 Å². The summed E-state index contributed by atoms with van der Waals surface area (Å²) in [7, 11) is 0. The van der Waals surface area contributed by atoms with Crippen LogP contribution in [0.3, 0.4) is 0 Å². The highest BCUT2D eigenvalue weighted by atomic mass is 16.3. The summed E-state index contributed by atoms with van der Waals surface area (Å²) in [4.78, 5) is 16.1. The molecule has 0 radical (unpaired) electrons. The molecule has 0 saturated heterocycles. The second kappa shape index (κ2) is 14.9. The Labute approximate surface area is 359 Å². The average Bonchev–Trinajstić information content (AvgIpc) is 3.65. The van der Waals surface area contributed by atoms with E-state index < -0.39 is 0 Å². The van der Waals surface area contributed by atoms with Gasteiger partial charge < -0.3 is 4.42 Å². The summed E-state index contributed by atoms with van der Waals surface area (Å²) < 4.78 is 6.92. The number of rotatable bonds is 6. The minimum Gasteiger partial charge on any atom is -0.455 e. The normalized spacial score (nSPS) is 13.5. The first kappa shape index (κ1) is 35.9. The van der Waals surface area contributed by atoms with Crippen molar-refractivity contribution in [1.29, 1.82) is 0 Å². The lowest BCUT2D eigenvalue weighted by Crippen LogP contribution is -2.07. The van der Waals surface area contributed by atoms with Crippen molar-refractivity contribution in [2.75, 3.05) is 0 Å². The van der Waals surface area contributed by atoms with Gasteiger partial charge in [0.05, 0.1) is 5.56 Å². The number of nitrogens with zero attached hydrogens (tertiary/aromatic N) is 3. The molecule has 0 N–H and O–H groups in total. The maximum atomic E-state index is 6.92. The van der Waals surface area contributed by atoms with E-state index in [4.69, 9.17) is 19.4 Å². The molecule has 4 nitrogen and oxygen atoms in total. The molecule has 62 heavy (non-hydrogen) atoms. The lowest BCUT2D eigenvalue weighted by molar-refractivity contribution is 0.666. The molecule has 11 aromatic rings. The van der Waals surface area contributed by atoms with Crippen LogP contribution < -0.4 is 0 Å². The maximum Gasteiger partial charge on any atom is 0.168 e. The van der Waals surface area contributed by atoms with Gasteiger partial charge in [-0.25, -0.2) is 15.0 Å². The second-order valence-electron chi connectivity index (χ2n) is 16.2. The van der Waals surface area contributed by atoms with Crippen LogP contribution in [-0.2, 0) is 6.42 Å². The predicted molar refractivity (Wildman–Crippen MR) is 254 cm³/mol. The molecular formula is C58H39N3O. The molecule has 0 spiro atoms. The molecular weight excluding hydrogens is 755 g/mol. The number of hydrogen-bond donors (Lipinski definition) is 0. The van der Waals surface area contributed by atoms with E-state index in [9.17, 15) is 0 Å². The molecule has 1 atom stereocenters. The summed E-state index contributed by atoms with van der Waals surface area (Å²) in [6.45, 7) is 0. The van der Waals surface area contributed by atoms with Crippen molar-refractivity contribution in [2.45, 2.75) is 18.8 Å². The summed E-state index contributed by atoms with van der Waals surface area (Å²) in [6.07, 6.45) is 1.83. The molecule has 1 aliphatic carbocycles.